The van der Waals surface area contributed by atoms with Gasteiger partial charge in [0.1, 0.15) is 5.78 Å². The van der Waals surface area contributed by atoms with Crippen molar-refractivity contribution in [3.63, 3.8) is 0 Å². The fourth-order valence-corrected chi connectivity index (χ4v) is 2.62. The SMILES string of the molecule is C[NH+](C)CC1CCCC(C[NH+](C)C)C1=O. The second-order valence-corrected chi connectivity index (χ2v) is 5.55. The molecule has 1 fully saturated rings. The van der Waals surface area contributed by atoms with Crippen LogP contribution < -0.4 is 9.80 Å². The van der Waals surface area contributed by atoms with E-state index in [1.807, 2.05) is 0 Å². The number of hydrogen-bond acceptors (Lipinski definition) is 1. The molecule has 3 nitrogen and oxygen atoms in total. The molecule has 15 heavy (non-hydrogen) atoms. The summed E-state index contributed by atoms with van der Waals surface area (Å²) in [6.45, 7) is 2.02. The third-order valence-corrected chi connectivity index (χ3v) is 3.22. The molecule has 0 aromatic rings. The van der Waals surface area contributed by atoms with Gasteiger partial charge in [-0.3, -0.25) is 4.79 Å². The number of ketones is 1. The van der Waals surface area contributed by atoms with E-state index in [4.69, 9.17) is 0 Å². The molecule has 88 valence electrons. The topological polar surface area (TPSA) is 26.0 Å². The maximum absolute atomic E-state index is 12.2. The largest absolute Gasteiger partial charge is 0.339 e. The predicted octanol–water partition coefficient (Wildman–Crippen LogP) is -1.74. The van der Waals surface area contributed by atoms with Gasteiger partial charge in [0.15, 0.2) is 0 Å². The Morgan fingerprint density at radius 2 is 1.40 bits per heavy atom. The van der Waals surface area contributed by atoms with Gasteiger partial charge in [0.25, 0.3) is 0 Å². The van der Waals surface area contributed by atoms with Crippen LogP contribution in [-0.4, -0.2) is 47.1 Å². The molecule has 0 radical (unpaired) electrons. The molecule has 3 heteroatoms. The highest BCUT2D eigenvalue weighted by Crippen LogP contribution is 2.23. The van der Waals surface area contributed by atoms with Gasteiger partial charge in [-0.1, -0.05) is 6.42 Å². The summed E-state index contributed by atoms with van der Waals surface area (Å²) in [4.78, 5) is 15.0. The zero-order valence-electron chi connectivity index (χ0n) is 10.6. The van der Waals surface area contributed by atoms with Crippen molar-refractivity contribution in [2.75, 3.05) is 41.3 Å². The summed E-state index contributed by atoms with van der Waals surface area (Å²) in [5, 5.41) is 0. The van der Waals surface area contributed by atoms with Gasteiger partial charge in [-0.05, 0) is 12.8 Å². The summed E-state index contributed by atoms with van der Waals surface area (Å²) in [5.41, 5.74) is 0. The Hall–Kier alpha value is -0.410. The number of hydrogen-bond donors (Lipinski definition) is 2. The van der Waals surface area contributed by atoms with Crippen molar-refractivity contribution in [1.82, 2.24) is 0 Å². The molecule has 0 heterocycles. The lowest BCUT2D eigenvalue weighted by Crippen LogP contribution is -3.07. The summed E-state index contributed by atoms with van der Waals surface area (Å²) in [6, 6.07) is 0. The molecule has 2 unspecified atom stereocenters. The van der Waals surface area contributed by atoms with Crippen molar-refractivity contribution in [2.45, 2.75) is 19.3 Å². The fourth-order valence-electron chi connectivity index (χ4n) is 2.62. The third-order valence-electron chi connectivity index (χ3n) is 3.22. The molecule has 0 aromatic heterocycles. The van der Waals surface area contributed by atoms with Gasteiger partial charge in [0, 0.05) is 0 Å². The number of carbonyl (C=O) groups is 1. The molecule has 2 atom stereocenters. The third kappa shape index (κ3) is 3.92. The van der Waals surface area contributed by atoms with Crippen molar-refractivity contribution in [2.24, 2.45) is 11.8 Å². The van der Waals surface area contributed by atoms with E-state index in [1.165, 1.54) is 16.2 Å². The van der Waals surface area contributed by atoms with Crippen LogP contribution in [0, 0.1) is 11.8 Å². The molecule has 1 aliphatic rings. The Morgan fingerprint density at radius 3 is 1.73 bits per heavy atom. The quantitative estimate of drug-likeness (QED) is 0.571. The van der Waals surface area contributed by atoms with E-state index < -0.39 is 0 Å². The van der Waals surface area contributed by atoms with Crippen LogP contribution in [0.3, 0.4) is 0 Å². The highest BCUT2D eigenvalue weighted by atomic mass is 16.1. The highest BCUT2D eigenvalue weighted by molar-refractivity contribution is 5.84. The van der Waals surface area contributed by atoms with Crippen LogP contribution in [0.15, 0.2) is 0 Å². The average Bonchev–Trinajstić information content (AvgIpc) is 2.10. The fraction of sp³-hybridized carbons (Fsp3) is 0.917. The second-order valence-electron chi connectivity index (χ2n) is 5.55. The Balaban J connectivity index is 2.51. The molecule has 0 bridgehead atoms. The van der Waals surface area contributed by atoms with Crippen LogP contribution in [0.25, 0.3) is 0 Å². The monoisotopic (exact) mass is 214 g/mol. The maximum atomic E-state index is 12.2. The second kappa shape index (κ2) is 5.61. The van der Waals surface area contributed by atoms with Gasteiger partial charge in [0.05, 0.1) is 53.1 Å². The number of carbonyl (C=O) groups excluding carboxylic acids is 1. The first-order valence-corrected chi connectivity index (χ1v) is 6.12. The van der Waals surface area contributed by atoms with Crippen LogP contribution in [0.5, 0.6) is 0 Å². The van der Waals surface area contributed by atoms with Crippen LogP contribution in [0.1, 0.15) is 19.3 Å². The van der Waals surface area contributed by atoms with Gasteiger partial charge in [-0.15, -0.1) is 0 Å². The molecule has 1 rings (SSSR count). The molecule has 2 N–H and O–H groups in total. The summed E-state index contributed by atoms with van der Waals surface area (Å²) < 4.78 is 0. The molecule has 0 aromatic carbocycles. The lowest BCUT2D eigenvalue weighted by atomic mass is 9.79. The minimum absolute atomic E-state index is 0.327. The van der Waals surface area contributed by atoms with Gasteiger partial charge in [-0.25, -0.2) is 0 Å². The van der Waals surface area contributed by atoms with Crippen molar-refractivity contribution in [3.05, 3.63) is 0 Å². The minimum atomic E-state index is 0.327. The molecular formula is C12H26N2O+2. The van der Waals surface area contributed by atoms with Gasteiger partial charge in [-0.2, -0.15) is 0 Å². The Morgan fingerprint density at radius 1 is 1.00 bits per heavy atom. The maximum Gasteiger partial charge on any atom is 0.150 e. The van der Waals surface area contributed by atoms with E-state index in [0.717, 1.165) is 25.9 Å². The zero-order valence-corrected chi connectivity index (χ0v) is 10.6. The Bertz CT molecular complexity index is 194. The Labute approximate surface area is 93.4 Å². The van der Waals surface area contributed by atoms with Crippen molar-refractivity contribution in [3.8, 4) is 0 Å². The van der Waals surface area contributed by atoms with Gasteiger partial charge < -0.3 is 9.80 Å². The van der Waals surface area contributed by atoms with Crippen molar-refractivity contribution < 1.29 is 14.6 Å². The molecule has 1 saturated carbocycles. The predicted molar refractivity (Wildman–Crippen MR) is 61.2 cm³/mol. The van der Waals surface area contributed by atoms with E-state index in [-0.39, 0.29) is 0 Å². The zero-order chi connectivity index (χ0) is 11.4. The number of Topliss-reactive ketones (excluding diaryl/α,β-unsaturated/α-hetero) is 1. The van der Waals surface area contributed by atoms with E-state index in [0.29, 0.717) is 17.6 Å². The molecule has 0 amide bonds. The van der Waals surface area contributed by atoms with Crippen LogP contribution in [0.2, 0.25) is 0 Å². The first-order valence-electron chi connectivity index (χ1n) is 6.12. The van der Waals surface area contributed by atoms with Crippen LogP contribution in [-0.2, 0) is 4.79 Å². The minimum Gasteiger partial charge on any atom is -0.339 e. The van der Waals surface area contributed by atoms with E-state index >= 15 is 0 Å². The van der Waals surface area contributed by atoms with Crippen LogP contribution >= 0.6 is 0 Å². The summed E-state index contributed by atoms with van der Waals surface area (Å²) in [7, 11) is 8.53. The number of quaternary nitrogens is 2. The highest BCUT2D eigenvalue weighted by Gasteiger charge is 2.33. The van der Waals surface area contributed by atoms with E-state index in [9.17, 15) is 4.79 Å². The van der Waals surface area contributed by atoms with E-state index in [2.05, 4.69) is 28.2 Å². The van der Waals surface area contributed by atoms with Gasteiger partial charge in [0.2, 0.25) is 0 Å². The lowest BCUT2D eigenvalue weighted by Gasteiger charge is -2.28. The Kier molecular flexibility index (Phi) is 4.74. The van der Waals surface area contributed by atoms with Crippen molar-refractivity contribution in [1.29, 1.82) is 0 Å². The summed E-state index contributed by atoms with van der Waals surface area (Å²) >= 11 is 0. The summed E-state index contributed by atoms with van der Waals surface area (Å²) in [5.74, 6) is 1.19. The van der Waals surface area contributed by atoms with Gasteiger partial charge >= 0.3 is 0 Å². The molecule has 0 spiro atoms. The standard InChI is InChI=1S/C12H24N2O/c1-13(2)8-10-6-5-7-11(12(10)15)9-14(3)4/h10-11H,5-9H2,1-4H3/p+2. The molecule has 0 aliphatic heterocycles. The molecule has 0 saturated heterocycles. The lowest BCUT2D eigenvalue weighted by molar-refractivity contribution is -0.863. The molecular weight excluding hydrogens is 188 g/mol. The number of rotatable bonds is 4. The first-order chi connectivity index (χ1) is 7.00. The first kappa shape index (κ1) is 12.7. The molecule has 1 aliphatic carbocycles. The van der Waals surface area contributed by atoms with Crippen LogP contribution in [0.4, 0.5) is 0 Å². The van der Waals surface area contributed by atoms with E-state index in [1.54, 1.807) is 0 Å². The smallest absolute Gasteiger partial charge is 0.150 e. The summed E-state index contributed by atoms with van der Waals surface area (Å²) in [6.07, 6.45) is 3.47. The van der Waals surface area contributed by atoms with Crippen molar-refractivity contribution >= 4 is 5.78 Å². The number of nitrogens with one attached hydrogen (secondary N) is 2. The normalized spacial score (nSPS) is 27.7. The average molecular weight is 214 g/mol.